The predicted octanol–water partition coefficient (Wildman–Crippen LogP) is 3.49. The van der Waals surface area contributed by atoms with E-state index in [1.807, 2.05) is 54.6 Å². The summed E-state index contributed by atoms with van der Waals surface area (Å²) in [7, 11) is 1.61. The van der Waals surface area contributed by atoms with Crippen molar-refractivity contribution < 1.29 is 14.3 Å². The number of anilines is 1. The van der Waals surface area contributed by atoms with Crippen LogP contribution in [-0.4, -0.2) is 19.6 Å². The summed E-state index contributed by atoms with van der Waals surface area (Å²) in [4.78, 5) is 11.8. The molecule has 0 aliphatic rings. The maximum atomic E-state index is 11.8. The van der Waals surface area contributed by atoms with Gasteiger partial charge in [0.25, 0.3) is 0 Å². The van der Waals surface area contributed by atoms with Crippen LogP contribution in [0.25, 0.3) is 0 Å². The topological polar surface area (TPSA) is 47.6 Å². The number of rotatable bonds is 7. The number of para-hydroxylation sites is 3. The summed E-state index contributed by atoms with van der Waals surface area (Å²) in [5.41, 5.74) is 0.813. The fourth-order valence-electron chi connectivity index (χ4n) is 1.90. The van der Waals surface area contributed by atoms with Crippen molar-refractivity contribution in [1.29, 1.82) is 0 Å². The van der Waals surface area contributed by atoms with Crippen molar-refractivity contribution in [2.45, 2.75) is 12.8 Å². The van der Waals surface area contributed by atoms with E-state index in [0.29, 0.717) is 30.9 Å². The van der Waals surface area contributed by atoms with E-state index in [9.17, 15) is 4.79 Å². The number of amides is 1. The number of carbonyl (C=O) groups is 1. The first kappa shape index (κ1) is 14.9. The van der Waals surface area contributed by atoms with Crippen molar-refractivity contribution in [2.75, 3.05) is 19.0 Å². The van der Waals surface area contributed by atoms with Gasteiger partial charge >= 0.3 is 0 Å². The molecule has 0 unspecified atom stereocenters. The molecule has 1 amide bonds. The molecule has 110 valence electrons. The van der Waals surface area contributed by atoms with Gasteiger partial charge in [0.05, 0.1) is 13.7 Å². The summed E-state index contributed by atoms with van der Waals surface area (Å²) in [6, 6.07) is 16.9. The minimum atomic E-state index is -0.00942. The zero-order valence-electron chi connectivity index (χ0n) is 12.0. The Morgan fingerprint density at radius 2 is 1.67 bits per heavy atom. The van der Waals surface area contributed by atoms with Crippen molar-refractivity contribution in [2.24, 2.45) is 0 Å². The van der Waals surface area contributed by atoms with Gasteiger partial charge in [-0.2, -0.15) is 0 Å². The van der Waals surface area contributed by atoms with E-state index in [0.717, 1.165) is 5.69 Å². The molecule has 2 aromatic rings. The molecule has 2 rings (SSSR count). The largest absolute Gasteiger partial charge is 0.493 e. The van der Waals surface area contributed by atoms with Gasteiger partial charge < -0.3 is 14.8 Å². The Morgan fingerprint density at radius 3 is 2.38 bits per heavy atom. The molecule has 0 saturated heterocycles. The van der Waals surface area contributed by atoms with Gasteiger partial charge in [-0.1, -0.05) is 30.3 Å². The third-order valence-electron chi connectivity index (χ3n) is 2.93. The number of hydrogen-bond donors (Lipinski definition) is 1. The highest BCUT2D eigenvalue weighted by Gasteiger charge is 2.04. The van der Waals surface area contributed by atoms with Crippen LogP contribution in [0.4, 0.5) is 5.69 Å². The molecule has 0 aromatic heterocycles. The summed E-state index contributed by atoms with van der Waals surface area (Å²) >= 11 is 0. The molecule has 0 radical (unpaired) electrons. The number of methoxy groups -OCH3 is 1. The van der Waals surface area contributed by atoms with Crippen LogP contribution < -0.4 is 14.8 Å². The van der Waals surface area contributed by atoms with Crippen LogP contribution in [0.3, 0.4) is 0 Å². The van der Waals surface area contributed by atoms with E-state index in [2.05, 4.69) is 5.32 Å². The number of carbonyl (C=O) groups excluding carboxylic acids is 1. The molecule has 0 bridgehead atoms. The summed E-state index contributed by atoms with van der Waals surface area (Å²) in [5.74, 6) is 1.39. The maximum absolute atomic E-state index is 11.8. The van der Waals surface area contributed by atoms with Crippen LogP contribution in [0, 0.1) is 0 Å². The molecule has 0 heterocycles. The second-order valence-corrected chi connectivity index (χ2v) is 4.52. The van der Waals surface area contributed by atoms with E-state index >= 15 is 0 Å². The fraction of sp³-hybridized carbons (Fsp3) is 0.235. The van der Waals surface area contributed by atoms with Crippen LogP contribution in [-0.2, 0) is 4.79 Å². The van der Waals surface area contributed by atoms with Gasteiger partial charge in [-0.05, 0) is 30.7 Å². The third kappa shape index (κ3) is 4.84. The van der Waals surface area contributed by atoms with Crippen molar-refractivity contribution in [3.05, 3.63) is 54.6 Å². The summed E-state index contributed by atoms with van der Waals surface area (Å²) in [6.07, 6.45) is 1.07. The molecule has 0 spiro atoms. The molecule has 4 heteroatoms. The number of nitrogens with one attached hydrogen (secondary N) is 1. The normalized spacial score (nSPS) is 9.95. The quantitative estimate of drug-likeness (QED) is 0.792. The van der Waals surface area contributed by atoms with E-state index in [1.165, 1.54) is 0 Å². The molecule has 0 aliphatic heterocycles. The minimum Gasteiger partial charge on any atom is -0.493 e. The molecule has 21 heavy (non-hydrogen) atoms. The van der Waals surface area contributed by atoms with Crippen LogP contribution in [0.2, 0.25) is 0 Å². The molecular weight excluding hydrogens is 266 g/mol. The van der Waals surface area contributed by atoms with Gasteiger partial charge in [0.2, 0.25) is 5.91 Å². The first-order valence-electron chi connectivity index (χ1n) is 6.90. The second kappa shape index (κ2) is 7.94. The van der Waals surface area contributed by atoms with E-state index in [4.69, 9.17) is 9.47 Å². The Bertz CT molecular complexity index is 569. The molecule has 2 aromatic carbocycles. The first-order valence-corrected chi connectivity index (χ1v) is 6.90. The van der Waals surface area contributed by atoms with Gasteiger partial charge in [0, 0.05) is 12.1 Å². The average Bonchev–Trinajstić information content (AvgIpc) is 2.53. The van der Waals surface area contributed by atoms with Crippen LogP contribution in [0.5, 0.6) is 11.5 Å². The summed E-state index contributed by atoms with van der Waals surface area (Å²) in [5, 5.41) is 2.84. The van der Waals surface area contributed by atoms with Crippen LogP contribution >= 0.6 is 0 Å². The molecular formula is C17H19NO3. The Hall–Kier alpha value is -2.49. The van der Waals surface area contributed by atoms with E-state index in [-0.39, 0.29) is 5.91 Å². The van der Waals surface area contributed by atoms with E-state index < -0.39 is 0 Å². The molecule has 0 aliphatic carbocycles. The maximum Gasteiger partial charge on any atom is 0.224 e. The van der Waals surface area contributed by atoms with Gasteiger partial charge in [-0.25, -0.2) is 0 Å². The highest BCUT2D eigenvalue weighted by molar-refractivity contribution is 5.90. The third-order valence-corrected chi connectivity index (χ3v) is 2.93. The second-order valence-electron chi connectivity index (χ2n) is 4.52. The minimum absolute atomic E-state index is 0.00942. The van der Waals surface area contributed by atoms with Crippen molar-refractivity contribution in [1.82, 2.24) is 0 Å². The monoisotopic (exact) mass is 285 g/mol. The first-order chi connectivity index (χ1) is 10.3. The van der Waals surface area contributed by atoms with Gasteiger partial charge in [0.1, 0.15) is 0 Å². The SMILES string of the molecule is COc1ccccc1OCCCC(=O)Nc1ccccc1. The Kier molecular flexibility index (Phi) is 5.64. The van der Waals surface area contributed by atoms with Crippen molar-refractivity contribution >= 4 is 11.6 Å². The molecule has 1 N–H and O–H groups in total. The molecule has 0 fully saturated rings. The standard InChI is InChI=1S/C17H19NO3/c1-20-15-10-5-6-11-16(15)21-13-7-12-17(19)18-14-8-3-2-4-9-14/h2-6,8-11H,7,12-13H2,1H3,(H,18,19). The zero-order valence-corrected chi connectivity index (χ0v) is 12.0. The zero-order chi connectivity index (χ0) is 14.9. The average molecular weight is 285 g/mol. The lowest BCUT2D eigenvalue weighted by Crippen LogP contribution is -2.12. The Balaban J connectivity index is 1.71. The highest BCUT2D eigenvalue weighted by Crippen LogP contribution is 2.25. The Labute approximate surface area is 124 Å². The summed E-state index contributed by atoms with van der Waals surface area (Å²) in [6.45, 7) is 0.475. The highest BCUT2D eigenvalue weighted by atomic mass is 16.5. The molecule has 0 saturated carbocycles. The lowest BCUT2D eigenvalue weighted by molar-refractivity contribution is -0.116. The number of ether oxygens (including phenoxy) is 2. The van der Waals surface area contributed by atoms with Crippen molar-refractivity contribution in [3.63, 3.8) is 0 Å². The van der Waals surface area contributed by atoms with Crippen molar-refractivity contribution in [3.8, 4) is 11.5 Å². The van der Waals surface area contributed by atoms with E-state index in [1.54, 1.807) is 7.11 Å². The Morgan fingerprint density at radius 1 is 1.00 bits per heavy atom. The number of hydrogen-bond acceptors (Lipinski definition) is 3. The lowest BCUT2D eigenvalue weighted by Gasteiger charge is -2.10. The van der Waals surface area contributed by atoms with Gasteiger partial charge in [-0.15, -0.1) is 0 Å². The van der Waals surface area contributed by atoms with Crippen LogP contribution in [0.1, 0.15) is 12.8 Å². The fourth-order valence-corrected chi connectivity index (χ4v) is 1.90. The van der Waals surface area contributed by atoms with Gasteiger partial charge in [-0.3, -0.25) is 4.79 Å². The predicted molar refractivity (Wildman–Crippen MR) is 82.8 cm³/mol. The smallest absolute Gasteiger partial charge is 0.224 e. The lowest BCUT2D eigenvalue weighted by atomic mass is 10.2. The number of benzene rings is 2. The molecule has 4 nitrogen and oxygen atoms in total. The van der Waals surface area contributed by atoms with Crippen LogP contribution in [0.15, 0.2) is 54.6 Å². The summed E-state index contributed by atoms with van der Waals surface area (Å²) < 4.78 is 10.8. The molecule has 0 atom stereocenters. The van der Waals surface area contributed by atoms with Gasteiger partial charge in [0.15, 0.2) is 11.5 Å².